The molecule has 0 spiro atoms. The molecule has 3 aromatic heterocycles. The molecule has 0 aliphatic carbocycles. The van der Waals surface area contributed by atoms with Crippen molar-refractivity contribution in [1.82, 2.24) is 19.3 Å². The van der Waals surface area contributed by atoms with E-state index in [2.05, 4.69) is 29.7 Å². The molecule has 1 aromatic carbocycles. The van der Waals surface area contributed by atoms with Crippen molar-refractivity contribution >= 4 is 24.8 Å². The summed E-state index contributed by atoms with van der Waals surface area (Å²) in [6.07, 6.45) is 5.14. The third-order valence-electron chi connectivity index (χ3n) is 5.77. The number of fused-ring (bicyclic) bond motifs is 1. The highest BCUT2D eigenvalue weighted by Gasteiger charge is 2.23. The molecule has 0 N–H and O–H groups in total. The first-order valence-corrected chi connectivity index (χ1v) is 15.6. The summed E-state index contributed by atoms with van der Waals surface area (Å²) in [5.74, 6) is -2.98. The molecule has 0 atom stereocenters. The maximum absolute atomic E-state index is 14.7. The van der Waals surface area contributed by atoms with Crippen molar-refractivity contribution in [2.24, 2.45) is 0 Å². The average molecular weight is 530 g/mol. The van der Waals surface area contributed by atoms with Gasteiger partial charge in [0, 0.05) is 44.9 Å². The number of ether oxygens (including phenoxy) is 2. The highest BCUT2D eigenvalue weighted by molar-refractivity contribution is 6.76. The molecule has 0 unspecified atom stereocenters. The molecule has 0 amide bonds. The van der Waals surface area contributed by atoms with Crippen molar-refractivity contribution in [2.75, 3.05) is 6.61 Å². The van der Waals surface area contributed by atoms with E-state index in [4.69, 9.17) is 9.47 Å². The molecule has 0 bridgehead atoms. The highest BCUT2D eigenvalue weighted by atomic mass is 28.3. The van der Waals surface area contributed by atoms with E-state index in [0.717, 1.165) is 6.04 Å². The number of halogens is 2. The number of aromatic nitrogens is 4. The van der Waals surface area contributed by atoms with Crippen molar-refractivity contribution in [3.63, 3.8) is 0 Å². The quantitative estimate of drug-likeness (QED) is 0.0973. The first-order chi connectivity index (χ1) is 17.4. The standard InChI is InChI=1S/C25H29F2N5O4Si/c1-16(2)31-9-7-21(29-31)18-14-30(15-35-10-11-37(3,4)5)25-23(18)22(6-8-28-25)36-24-19(26)12-17(32(33)34)13-20(24)27/h6-9,12-14,16H,10-11,15H2,1-5H3. The second kappa shape index (κ2) is 10.4. The number of nitro benzene ring substituents is 1. The van der Waals surface area contributed by atoms with Crippen molar-refractivity contribution in [3.05, 3.63) is 64.6 Å². The van der Waals surface area contributed by atoms with Gasteiger partial charge in [0.05, 0.1) is 28.1 Å². The Kier molecular flexibility index (Phi) is 7.41. The third kappa shape index (κ3) is 5.86. The van der Waals surface area contributed by atoms with Crippen LogP contribution in [0.2, 0.25) is 25.7 Å². The lowest BCUT2D eigenvalue weighted by molar-refractivity contribution is -0.385. The number of pyridine rings is 1. The van der Waals surface area contributed by atoms with Crippen molar-refractivity contribution in [1.29, 1.82) is 0 Å². The number of non-ortho nitro benzene ring substituents is 1. The predicted molar refractivity (Wildman–Crippen MR) is 139 cm³/mol. The van der Waals surface area contributed by atoms with Crippen LogP contribution in [-0.4, -0.2) is 38.9 Å². The van der Waals surface area contributed by atoms with Crippen LogP contribution in [0.5, 0.6) is 11.5 Å². The lowest BCUT2D eigenvalue weighted by Crippen LogP contribution is -2.22. The van der Waals surface area contributed by atoms with E-state index in [0.29, 0.717) is 41.0 Å². The highest BCUT2D eigenvalue weighted by Crippen LogP contribution is 2.39. The first kappa shape index (κ1) is 26.4. The van der Waals surface area contributed by atoms with Gasteiger partial charge in [-0.1, -0.05) is 19.6 Å². The van der Waals surface area contributed by atoms with Gasteiger partial charge in [0.1, 0.15) is 18.1 Å². The Morgan fingerprint density at radius 2 is 1.86 bits per heavy atom. The van der Waals surface area contributed by atoms with Gasteiger partial charge in [-0.3, -0.25) is 14.8 Å². The van der Waals surface area contributed by atoms with Crippen molar-refractivity contribution in [2.45, 2.75) is 52.3 Å². The van der Waals surface area contributed by atoms with Crippen molar-refractivity contribution < 1.29 is 23.2 Å². The lowest BCUT2D eigenvalue weighted by Gasteiger charge is -2.15. The minimum Gasteiger partial charge on any atom is -0.450 e. The van der Waals surface area contributed by atoms with Gasteiger partial charge < -0.3 is 14.0 Å². The Morgan fingerprint density at radius 1 is 1.16 bits per heavy atom. The topological polar surface area (TPSA) is 97.2 Å². The summed E-state index contributed by atoms with van der Waals surface area (Å²) in [4.78, 5) is 14.6. The van der Waals surface area contributed by atoms with E-state index in [1.54, 1.807) is 9.25 Å². The minimum atomic E-state index is -1.27. The van der Waals surface area contributed by atoms with E-state index in [1.165, 1.54) is 12.3 Å². The fourth-order valence-corrected chi connectivity index (χ4v) is 4.49. The molecule has 0 radical (unpaired) electrons. The van der Waals surface area contributed by atoms with Gasteiger partial charge in [0.25, 0.3) is 5.69 Å². The Balaban J connectivity index is 1.78. The molecule has 0 saturated carbocycles. The molecule has 4 rings (SSSR count). The summed E-state index contributed by atoms with van der Waals surface area (Å²) >= 11 is 0. The molecule has 0 saturated heterocycles. The number of rotatable bonds is 10. The molecule has 37 heavy (non-hydrogen) atoms. The van der Waals surface area contributed by atoms with E-state index < -0.39 is 36.1 Å². The minimum absolute atomic E-state index is 0.129. The number of nitro groups is 1. The normalized spacial score (nSPS) is 12.0. The second-order valence-corrected chi connectivity index (χ2v) is 15.9. The van der Waals surface area contributed by atoms with Crippen LogP contribution in [0.15, 0.2) is 42.9 Å². The molecule has 0 fully saturated rings. The summed E-state index contributed by atoms with van der Waals surface area (Å²) in [6, 6.07) is 5.71. The molecular weight excluding hydrogens is 500 g/mol. The number of hydrogen-bond acceptors (Lipinski definition) is 6. The van der Waals surface area contributed by atoms with Gasteiger partial charge in [0.15, 0.2) is 17.4 Å². The number of nitrogens with zero attached hydrogens (tertiary/aromatic N) is 5. The largest absolute Gasteiger partial charge is 0.450 e. The van der Waals surface area contributed by atoms with E-state index in [9.17, 15) is 18.9 Å². The summed E-state index contributed by atoms with van der Waals surface area (Å²) < 4.78 is 44.5. The van der Waals surface area contributed by atoms with Crippen LogP contribution in [0.3, 0.4) is 0 Å². The van der Waals surface area contributed by atoms with Crippen LogP contribution < -0.4 is 4.74 Å². The van der Waals surface area contributed by atoms with Crippen LogP contribution in [0.1, 0.15) is 19.9 Å². The number of benzene rings is 1. The summed E-state index contributed by atoms with van der Waals surface area (Å²) in [7, 11) is -1.27. The molecule has 9 nitrogen and oxygen atoms in total. The van der Waals surface area contributed by atoms with Gasteiger partial charge in [-0.15, -0.1) is 0 Å². The Hall–Kier alpha value is -3.64. The zero-order valence-corrected chi connectivity index (χ0v) is 22.4. The van der Waals surface area contributed by atoms with Crippen LogP contribution in [-0.2, 0) is 11.5 Å². The van der Waals surface area contributed by atoms with Gasteiger partial charge in [-0.05, 0) is 32.0 Å². The second-order valence-electron chi connectivity index (χ2n) is 10.2. The van der Waals surface area contributed by atoms with Crippen LogP contribution in [0.25, 0.3) is 22.3 Å². The van der Waals surface area contributed by atoms with E-state index in [1.807, 2.05) is 32.3 Å². The monoisotopic (exact) mass is 529 g/mol. The molecule has 4 aromatic rings. The number of hydrogen-bond donors (Lipinski definition) is 0. The molecule has 3 heterocycles. The Labute approximate surface area is 213 Å². The van der Waals surface area contributed by atoms with Crippen molar-refractivity contribution in [3.8, 4) is 22.8 Å². The Bertz CT molecular complexity index is 1420. The molecule has 0 aliphatic heterocycles. The first-order valence-electron chi connectivity index (χ1n) is 11.9. The van der Waals surface area contributed by atoms with E-state index in [-0.39, 0.29) is 18.5 Å². The molecule has 196 valence electrons. The van der Waals surface area contributed by atoms with Gasteiger partial charge in [-0.25, -0.2) is 13.8 Å². The summed E-state index contributed by atoms with van der Waals surface area (Å²) in [6.45, 7) is 11.6. The lowest BCUT2D eigenvalue weighted by atomic mass is 10.1. The van der Waals surface area contributed by atoms with Crippen LogP contribution >= 0.6 is 0 Å². The van der Waals surface area contributed by atoms with Crippen LogP contribution in [0, 0.1) is 21.7 Å². The Morgan fingerprint density at radius 3 is 2.46 bits per heavy atom. The van der Waals surface area contributed by atoms with Gasteiger partial charge >= 0.3 is 0 Å². The SMILES string of the molecule is CC(C)n1ccc(-c2cn(COCC[Si](C)(C)C)c3nccc(Oc4c(F)cc([N+](=O)[O-])cc4F)c23)n1. The van der Waals surface area contributed by atoms with E-state index >= 15 is 0 Å². The summed E-state index contributed by atoms with van der Waals surface area (Å²) in [5, 5.41) is 16.1. The maximum Gasteiger partial charge on any atom is 0.275 e. The molecule has 12 heteroatoms. The average Bonchev–Trinajstić information content (AvgIpc) is 3.44. The zero-order chi connectivity index (χ0) is 26.9. The van der Waals surface area contributed by atoms with Gasteiger partial charge in [0.2, 0.25) is 0 Å². The fourth-order valence-electron chi connectivity index (χ4n) is 3.73. The molecule has 0 aliphatic rings. The van der Waals surface area contributed by atoms with Crippen LogP contribution in [0.4, 0.5) is 14.5 Å². The molecular formula is C25H29F2N5O4Si. The zero-order valence-electron chi connectivity index (χ0n) is 21.4. The predicted octanol–water partition coefficient (Wildman–Crippen LogP) is 6.77. The third-order valence-corrected chi connectivity index (χ3v) is 7.47. The fraction of sp³-hybridized carbons (Fsp3) is 0.360. The smallest absolute Gasteiger partial charge is 0.275 e. The van der Waals surface area contributed by atoms with Gasteiger partial charge in [-0.2, -0.15) is 5.10 Å². The maximum atomic E-state index is 14.7. The summed E-state index contributed by atoms with van der Waals surface area (Å²) in [5.41, 5.74) is 1.06.